The second-order valence-electron chi connectivity index (χ2n) is 6.14. The molecular weight excluding hydrogens is 316 g/mol. The largest absolute Gasteiger partial charge is 0.347 e. The maximum absolute atomic E-state index is 12.5. The van der Waals surface area contributed by atoms with Gasteiger partial charge in [-0.25, -0.2) is 9.97 Å². The lowest BCUT2D eigenvalue weighted by Crippen LogP contribution is -2.41. The Bertz CT molecular complexity index is 888. The normalized spacial score (nSPS) is 16.3. The summed E-state index contributed by atoms with van der Waals surface area (Å²) in [5.41, 5.74) is 1.39. The zero-order valence-electron chi connectivity index (χ0n) is 13.9. The second-order valence-corrected chi connectivity index (χ2v) is 6.14. The Balaban J connectivity index is 1.44. The molecule has 4 rings (SSSR count). The van der Waals surface area contributed by atoms with E-state index in [4.69, 9.17) is 0 Å². The molecule has 0 saturated heterocycles. The molecule has 2 aromatic heterocycles. The molecule has 0 aliphatic carbocycles. The number of carbonyl (C=O) groups is 1. The lowest BCUT2D eigenvalue weighted by atomic mass is 10.1. The standard InChI is InChI=1S/C18H18N6O/c1-12-22-23-16-8-7-15(11-24(12)16)21-18(25)14-9-19-17(20-10-14)13-5-3-2-4-6-13/h2-6,9-10,15H,7-8,11H2,1H3,(H,21,25)/t15-/m0/s1. The Labute approximate surface area is 145 Å². The molecule has 0 saturated carbocycles. The first-order valence-electron chi connectivity index (χ1n) is 8.28. The van der Waals surface area contributed by atoms with Crippen molar-refractivity contribution in [3.05, 3.63) is 59.9 Å². The zero-order valence-corrected chi connectivity index (χ0v) is 13.9. The third-order valence-corrected chi connectivity index (χ3v) is 4.41. The van der Waals surface area contributed by atoms with Gasteiger partial charge in [0.05, 0.1) is 5.56 Å². The third kappa shape index (κ3) is 3.13. The van der Waals surface area contributed by atoms with Crippen LogP contribution in [0.4, 0.5) is 0 Å². The van der Waals surface area contributed by atoms with Crippen LogP contribution in [0.2, 0.25) is 0 Å². The highest BCUT2D eigenvalue weighted by Crippen LogP contribution is 2.16. The summed E-state index contributed by atoms with van der Waals surface area (Å²) in [4.78, 5) is 21.1. The number of aromatic nitrogens is 5. The molecule has 0 fully saturated rings. The minimum atomic E-state index is -0.154. The Morgan fingerprint density at radius 3 is 2.68 bits per heavy atom. The highest BCUT2D eigenvalue weighted by molar-refractivity contribution is 5.93. The second kappa shape index (κ2) is 6.43. The van der Waals surface area contributed by atoms with E-state index < -0.39 is 0 Å². The van der Waals surface area contributed by atoms with Crippen molar-refractivity contribution in [2.45, 2.75) is 32.4 Å². The fourth-order valence-corrected chi connectivity index (χ4v) is 3.03. The highest BCUT2D eigenvalue weighted by atomic mass is 16.1. The predicted octanol–water partition coefficient (Wildman–Crippen LogP) is 1.79. The van der Waals surface area contributed by atoms with Gasteiger partial charge in [0.1, 0.15) is 11.6 Å². The maximum Gasteiger partial charge on any atom is 0.254 e. The number of nitrogens with zero attached hydrogens (tertiary/aromatic N) is 5. The van der Waals surface area contributed by atoms with Gasteiger partial charge in [-0.1, -0.05) is 30.3 Å². The number of aryl methyl sites for hydroxylation is 2. The van der Waals surface area contributed by atoms with E-state index >= 15 is 0 Å². The molecular formula is C18H18N6O. The smallest absolute Gasteiger partial charge is 0.254 e. The van der Waals surface area contributed by atoms with Gasteiger partial charge in [-0.15, -0.1) is 10.2 Å². The quantitative estimate of drug-likeness (QED) is 0.789. The summed E-state index contributed by atoms with van der Waals surface area (Å²) in [5.74, 6) is 2.32. The van der Waals surface area contributed by atoms with Crippen LogP contribution in [-0.4, -0.2) is 36.7 Å². The third-order valence-electron chi connectivity index (χ3n) is 4.41. The van der Waals surface area contributed by atoms with Crippen LogP contribution < -0.4 is 5.32 Å². The van der Waals surface area contributed by atoms with Crippen LogP contribution >= 0.6 is 0 Å². The van der Waals surface area contributed by atoms with E-state index in [1.54, 1.807) is 12.4 Å². The van der Waals surface area contributed by atoms with E-state index in [0.29, 0.717) is 17.9 Å². The van der Waals surface area contributed by atoms with Gasteiger partial charge >= 0.3 is 0 Å². The Morgan fingerprint density at radius 2 is 1.92 bits per heavy atom. The van der Waals surface area contributed by atoms with Crippen LogP contribution in [0.15, 0.2) is 42.7 Å². The maximum atomic E-state index is 12.5. The summed E-state index contributed by atoms with van der Waals surface area (Å²) in [6, 6.07) is 9.75. The Morgan fingerprint density at radius 1 is 1.16 bits per heavy atom. The molecule has 1 aliphatic rings. The number of amides is 1. The molecule has 7 nitrogen and oxygen atoms in total. The van der Waals surface area contributed by atoms with Crippen molar-refractivity contribution in [3.63, 3.8) is 0 Å². The SMILES string of the molecule is Cc1nnc2n1C[C@@H](NC(=O)c1cnc(-c3ccccc3)nc1)CC2. The average Bonchev–Trinajstić information content (AvgIpc) is 3.03. The van der Waals surface area contributed by atoms with Crippen LogP contribution in [0.3, 0.4) is 0 Å². The van der Waals surface area contributed by atoms with Gasteiger partial charge in [0, 0.05) is 37.0 Å². The van der Waals surface area contributed by atoms with Crippen LogP contribution in [0.25, 0.3) is 11.4 Å². The fraction of sp³-hybridized carbons (Fsp3) is 0.278. The van der Waals surface area contributed by atoms with E-state index in [1.165, 1.54) is 0 Å². The van der Waals surface area contributed by atoms with Crippen LogP contribution in [-0.2, 0) is 13.0 Å². The Hall–Kier alpha value is -3.09. The number of rotatable bonds is 3. The molecule has 1 atom stereocenters. The van der Waals surface area contributed by atoms with Crippen LogP contribution in [0.1, 0.15) is 28.4 Å². The predicted molar refractivity (Wildman–Crippen MR) is 91.8 cm³/mol. The molecule has 1 aromatic carbocycles. The van der Waals surface area contributed by atoms with Gasteiger partial charge in [-0.2, -0.15) is 0 Å². The van der Waals surface area contributed by atoms with Crippen molar-refractivity contribution in [1.29, 1.82) is 0 Å². The van der Waals surface area contributed by atoms with Gasteiger partial charge < -0.3 is 9.88 Å². The summed E-state index contributed by atoms with van der Waals surface area (Å²) < 4.78 is 2.06. The molecule has 3 aromatic rings. The Kier molecular flexibility index (Phi) is 3.97. The van der Waals surface area contributed by atoms with Crippen molar-refractivity contribution in [2.75, 3.05) is 0 Å². The first kappa shape index (κ1) is 15.4. The number of carbonyl (C=O) groups excluding carboxylic acids is 1. The summed E-state index contributed by atoms with van der Waals surface area (Å²) in [5, 5.41) is 11.3. The van der Waals surface area contributed by atoms with Crippen molar-refractivity contribution < 1.29 is 4.79 Å². The van der Waals surface area contributed by atoms with Crippen LogP contribution in [0.5, 0.6) is 0 Å². The minimum Gasteiger partial charge on any atom is -0.347 e. The van der Waals surface area contributed by atoms with Crippen molar-refractivity contribution in [1.82, 2.24) is 30.0 Å². The molecule has 7 heteroatoms. The number of hydrogen-bond acceptors (Lipinski definition) is 5. The van der Waals surface area contributed by atoms with Gasteiger partial charge in [0.25, 0.3) is 5.91 Å². The van der Waals surface area contributed by atoms with Crippen LogP contribution in [0, 0.1) is 6.92 Å². The molecule has 1 aliphatic heterocycles. The summed E-state index contributed by atoms with van der Waals surface area (Å²) >= 11 is 0. The number of hydrogen-bond donors (Lipinski definition) is 1. The topological polar surface area (TPSA) is 85.6 Å². The fourth-order valence-electron chi connectivity index (χ4n) is 3.03. The van der Waals surface area contributed by atoms with Crippen molar-refractivity contribution in [2.24, 2.45) is 0 Å². The first-order chi connectivity index (χ1) is 12.2. The molecule has 25 heavy (non-hydrogen) atoms. The number of nitrogens with one attached hydrogen (secondary N) is 1. The first-order valence-corrected chi connectivity index (χ1v) is 8.28. The lowest BCUT2D eigenvalue weighted by Gasteiger charge is -2.24. The highest BCUT2D eigenvalue weighted by Gasteiger charge is 2.23. The summed E-state index contributed by atoms with van der Waals surface area (Å²) in [7, 11) is 0. The van der Waals surface area contributed by atoms with Crippen molar-refractivity contribution in [3.8, 4) is 11.4 Å². The van der Waals surface area contributed by atoms with E-state index in [1.807, 2.05) is 37.3 Å². The molecule has 126 valence electrons. The van der Waals surface area contributed by atoms with Gasteiger partial charge in [-0.3, -0.25) is 4.79 Å². The molecule has 1 N–H and O–H groups in total. The molecule has 0 bridgehead atoms. The molecule has 0 spiro atoms. The van der Waals surface area contributed by atoms with E-state index in [-0.39, 0.29) is 11.9 Å². The monoisotopic (exact) mass is 334 g/mol. The molecule has 3 heterocycles. The minimum absolute atomic E-state index is 0.0588. The van der Waals surface area contributed by atoms with Gasteiger partial charge in [0.2, 0.25) is 0 Å². The average molecular weight is 334 g/mol. The van der Waals surface area contributed by atoms with Gasteiger partial charge in [-0.05, 0) is 13.3 Å². The molecule has 1 amide bonds. The molecule has 0 radical (unpaired) electrons. The lowest BCUT2D eigenvalue weighted by molar-refractivity contribution is 0.0926. The summed E-state index contributed by atoms with van der Waals surface area (Å²) in [6.45, 7) is 2.62. The van der Waals surface area contributed by atoms with E-state index in [9.17, 15) is 4.79 Å². The number of fused-ring (bicyclic) bond motifs is 1. The van der Waals surface area contributed by atoms with Crippen molar-refractivity contribution >= 4 is 5.91 Å². The van der Waals surface area contributed by atoms with E-state index in [0.717, 1.165) is 30.1 Å². The zero-order chi connectivity index (χ0) is 17.2. The van der Waals surface area contributed by atoms with Gasteiger partial charge in [0.15, 0.2) is 5.82 Å². The molecule has 0 unspecified atom stereocenters. The summed E-state index contributed by atoms with van der Waals surface area (Å²) in [6.07, 6.45) is 4.81. The number of benzene rings is 1. The van der Waals surface area contributed by atoms with E-state index in [2.05, 4.69) is 30.0 Å².